The third kappa shape index (κ3) is 3.56. The van der Waals surface area contributed by atoms with E-state index in [1.165, 1.54) is 0 Å². The highest BCUT2D eigenvalue weighted by molar-refractivity contribution is 5.28. The summed E-state index contributed by atoms with van der Waals surface area (Å²) in [4.78, 5) is 0. The summed E-state index contributed by atoms with van der Waals surface area (Å²) in [5.74, 6) is 1.09. The molecule has 0 spiro atoms. The van der Waals surface area contributed by atoms with Crippen LogP contribution in [0.4, 0.5) is 0 Å². The lowest BCUT2D eigenvalue weighted by Gasteiger charge is -2.16. The van der Waals surface area contributed by atoms with E-state index in [1.54, 1.807) is 0 Å². The molecule has 0 saturated heterocycles. The van der Waals surface area contributed by atoms with Crippen LogP contribution in [0.2, 0.25) is 0 Å². The Labute approximate surface area is 91.9 Å². The molecule has 1 rings (SSSR count). The summed E-state index contributed by atoms with van der Waals surface area (Å²) in [6, 6.07) is 7.65. The fourth-order valence-corrected chi connectivity index (χ4v) is 1.40. The van der Waals surface area contributed by atoms with E-state index in [9.17, 15) is 5.11 Å². The van der Waals surface area contributed by atoms with Gasteiger partial charge in [0.1, 0.15) is 5.75 Å². The van der Waals surface area contributed by atoms with Crippen LogP contribution in [0, 0.1) is 5.92 Å². The first-order chi connectivity index (χ1) is 7.00. The van der Waals surface area contributed by atoms with Crippen LogP contribution in [-0.4, -0.2) is 11.2 Å². The van der Waals surface area contributed by atoms with Gasteiger partial charge in [0.2, 0.25) is 0 Å². The second kappa shape index (κ2) is 5.17. The van der Waals surface area contributed by atoms with Gasteiger partial charge in [-0.3, -0.25) is 0 Å². The molecule has 0 fully saturated rings. The van der Waals surface area contributed by atoms with Crippen LogP contribution < -0.4 is 4.74 Å². The van der Waals surface area contributed by atoms with Crippen molar-refractivity contribution >= 4 is 0 Å². The average Bonchev–Trinajstić information content (AvgIpc) is 2.17. The molecule has 84 valence electrons. The zero-order chi connectivity index (χ0) is 11.4. The van der Waals surface area contributed by atoms with E-state index in [0.29, 0.717) is 0 Å². The summed E-state index contributed by atoms with van der Waals surface area (Å²) >= 11 is 0. The number of rotatable bonds is 4. The summed E-state index contributed by atoms with van der Waals surface area (Å²) in [5, 5.41) is 9.83. The Balaban J connectivity index is 2.72. The smallest absolute Gasteiger partial charge is 0.119 e. The van der Waals surface area contributed by atoms with Crippen LogP contribution in [0.5, 0.6) is 5.75 Å². The molecule has 1 aromatic carbocycles. The van der Waals surface area contributed by atoms with Crippen molar-refractivity contribution in [2.24, 2.45) is 5.92 Å². The van der Waals surface area contributed by atoms with Crippen molar-refractivity contribution in [1.82, 2.24) is 0 Å². The van der Waals surface area contributed by atoms with Crippen molar-refractivity contribution in [2.45, 2.75) is 39.9 Å². The van der Waals surface area contributed by atoms with Crippen LogP contribution in [0.1, 0.15) is 39.4 Å². The molecular weight excluding hydrogens is 188 g/mol. The summed E-state index contributed by atoms with van der Waals surface area (Å²) < 4.78 is 5.53. The molecule has 0 amide bonds. The third-order valence-corrected chi connectivity index (χ3v) is 2.22. The third-order valence-electron chi connectivity index (χ3n) is 2.22. The molecule has 0 bridgehead atoms. The lowest BCUT2D eigenvalue weighted by atomic mass is 9.99. The molecule has 0 aromatic heterocycles. The van der Waals surface area contributed by atoms with Gasteiger partial charge in [-0.25, -0.2) is 0 Å². The average molecular weight is 208 g/mol. The van der Waals surface area contributed by atoms with E-state index >= 15 is 0 Å². The van der Waals surface area contributed by atoms with Crippen molar-refractivity contribution in [3.05, 3.63) is 29.8 Å². The first-order valence-corrected chi connectivity index (χ1v) is 5.45. The van der Waals surface area contributed by atoms with Crippen molar-refractivity contribution in [1.29, 1.82) is 0 Å². The van der Waals surface area contributed by atoms with E-state index in [4.69, 9.17) is 4.74 Å². The van der Waals surface area contributed by atoms with Gasteiger partial charge in [-0.1, -0.05) is 26.0 Å². The highest BCUT2D eigenvalue weighted by Crippen LogP contribution is 2.23. The SMILES string of the molecule is CC(C)Oc1ccc(C(O)C(C)C)cc1. The van der Waals surface area contributed by atoms with Crippen LogP contribution in [-0.2, 0) is 0 Å². The second-order valence-electron chi connectivity index (χ2n) is 4.42. The Morgan fingerprint density at radius 3 is 1.93 bits per heavy atom. The van der Waals surface area contributed by atoms with Gasteiger partial charge in [0.05, 0.1) is 12.2 Å². The van der Waals surface area contributed by atoms with Gasteiger partial charge in [-0.15, -0.1) is 0 Å². The van der Waals surface area contributed by atoms with Crippen molar-refractivity contribution < 1.29 is 9.84 Å². The molecule has 0 saturated carbocycles. The zero-order valence-electron chi connectivity index (χ0n) is 9.90. The lowest BCUT2D eigenvalue weighted by Crippen LogP contribution is -2.07. The lowest BCUT2D eigenvalue weighted by molar-refractivity contribution is 0.127. The highest BCUT2D eigenvalue weighted by Gasteiger charge is 2.11. The van der Waals surface area contributed by atoms with Gasteiger partial charge >= 0.3 is 0 Å². The van der Waals surface area contributed by atoms with Gasteiger partial charge in [-0.2, -0.15) is 0 Å². The molecule has 0 aliphatic carbocycles. The normalized spacial score (nSPS) is 13.3. The fourth-order valence-electron chi connectivity index (χ4n) is 1.40. The molecule has 0 aliphatic heterocycles. The topological polar surface area (TPSA) is 29.5 Å². The summed E-state index contributed by atoms with van der Waals surface area (Å²) in [6.45, 7) is 8.00. The standard InChI is InChI=1S/C13H20O2/c1-9(2)13(14)11-5-7-12(8-6-11)15-10(3)4/h5-10,13-14H,1-4H3. The maximum absolute atomic E-state index is 9.83. The molecule has 1 N–H and O–H groups in total. The highest BCUT2D eigenvalue weighted by atomic mass is 16.5. The Kier molecular flexibility index (Phi) is 4.15. The summed E-state index contributed by atoms with van der Waals surface area (Å²) in [6.07, 6.45) is -0.205. The summed E-state index contributed by atoms with van der Waals surface area (Å²) in [7, 11) is 0. The van der Waals surface area contributed by atoms with Gasteiger partial charge in [0.25, 0.3) is 0 Å². The molecule has 1 unspecified atom stereocenters. The minimum absolute atomic E-state index is 0.186. The number of hydrogen-bond acceptors (Lipinski definition) is 2. The molecule has 1 atom stereocenters. The van der Waals surface area contributed by atoms with E-state index in [2.05, 4.69) is 0 Å². The van der Waals surface area contributed by atoms with Gasteiger partial charge in [0, 0.05) is 0 Å². The first-order valence-electron chi connectivity index (χ1n) is 5.45. The molecule has 0 radical (unpaired) electrons. The number of aliphatic hydroxyl groups excluding tert-OH is 1. The number of benzene rings is 1. The van der Waals surface area contributed by atoms with Crippen molar-refractivity contribution in [3.63, 3.8) is 0 Å². The van der Waals surface area contributed by atoms with Crippen molar-refractivity contribution in [2.75, 3.05) is 0 Å². The minimum Gasteiger partial charge on any atom is -0.491 e. The fraction of sp³-hybridized carbons (Fsp3) is 0.538. The van der Waals surface area contributed by atoms with Crippen LogP contribution in [0.15, 0.2) is 24.3 Å². The van der Waals surface area contributed by atoms with Gasteiger partial charge in [-0.05, 0) is 37.5 Å². The maximum Gasteiger partial charge on any atom is 0.119 e. The molecule has 0 heterocycles. The molecule has 2 nitrogen and oxygen atoms in total. The molecule has 2 heteroatoms. The largest absolute Gasteiger partial charge is 0.491 e. The van der Waals surface area contributed by atoms with E-state index in [1.807, 2.05) is 52.0 Å². The number of ether oxygens (including phenoxy) is 1. The molecule has 0 aliphatic rings. The van der Waals surface area contributed by atoms with Crippen LogP contribution >= 0.6 is 0 Å². The molecular formula is C13H20O2. The Morgan fingerprint density at radius 2 is 1.53 bits per heavy atom. The van der Waals surface area contributed by atoms with E-state index < -0.39 is 6.10 Å². The van der Waals surface area contributed by atoms with Gasteiger partial charge < -0.3 is 9.84 Å². The molecule has 1 aromatic rings. The zero-order valence-corrected chi connectivity index (χ0v) is 9.90. The Bertz CT molecular complexity index is 288. The predicted octanol–water partition coefficient (Wildman–Crippen LogP) is 3.16. The monoisotopic (exact) mass is 208 g/mol. The second-order valence-corrected chi connectivity index (χ2v) is 4.42. The molecule has 15 heavy (non-hydrogen) atoms. The van der Waals surface area contributed by atoms with Crippen LogP contribution in [0.3, 0.4) is 0 Å². The minimum atomic E-state index is -0.391. The summed E-state index contributed by atoms with van der Waals surface area (Å²) in [5.41, 5.74) is 0.945. The maximum atomic E-state index is 9.83. The van der Waals surface area contributed by atoms with E-state index in [-0.39, 0.29) is 12.0 Å². The predicted molar refractivity (Wildman–Crippen MR) is 62.0 cm³/mol. The van der Waals surface area contributed by atoms with Gasteiger partial charge in [0.15, 0.2) is 0 Å². The quantitative estimate of drug-likeness (QED) is 0.823. The Morgan fingerprint density at radius 1 is 1.00 bits per heavy atom. The van der Waals surface area contributed by atoms with Crippen LogP contribution in [0.25, 0.3) is 0 Å². The number of aliphatic hydroxyl groups is 1. The number of hydrogen-bond donors (Lipinski definition) is 1. The van der Waals surface area contributed by atoms with Crippen molar-refractivity contribution in [3.8, 4) is 5.75 Å². The van der Waals surface area contributed by atoms with E-state index in [0.717, 1.165) is 11.3 Å². The first kappa shape index (κ1) is 12.1. The Hall–Kier alpha value is -1.02.